The maximum Gasteiger partial charge on any atom is 0.161 e. The molecule has 0 N–H and O–H groups in total. The smallest absolute Gasteiger partial charge is 0.161 e. The molecule has 2 nitrogen and oxygen atoms in total. The molecule has 0 fully saturated rings. The van der Waals surface area contributed by atoms with Gasteiger partial charge in [-0.25, -0.2) is 9.97 Å². The van der Waals surface area contributed by atoms with Gasteiger partial charge in [-0.15, -0.1) is 11.3 Å². The molecule has 0 aliphatic heterocycles. The summed E-state index contributed by atoms with van der Waals surface area (Å²) < 4.78 is 2.46. The highest BCUT2D eigenvalue weighted by Crippen LogP contribution is 2.45. The van der Waals surface area contributed by atoms with Crippen LogP contribution < -0.4 is 0 Å². The van der Waals surface area contributed by atoms with Crippen molar-refractivity contribution >= 4 is 31.5 Å². The van der Waals surface area contributed by atoms with Crippen LogP contribution in [0.2, 0.25) is 0 Å². The summed E-state index contributed by atoms with van der Waals surface area (Å²) in [7, 11) is 0. The molecule has 6 aromatic carbocycles. The fraction of sp³-hybridized carbons (Fsp3) is 0. The summed E-state index contributed by atoms with van der Waals surface area (Å²) in [5.41, 5.74) is 9.89. The molecule has 0 unspecified atom stereocenters. The van der Waals surface area contributed by atoms with Crippen LogP contribution >= 0.6 is 11.3 Å². The first kappa shape index (κ1) is 25.3. The molecular weight excluding hydrogens is 541 g/mol. The summed E-state index contributed by atoms with van der Waals surface area (Å²) >= 11 is 1.82. The summed E-state index contributed by atoms with van der Waals surface area (Å²) in [6.07, 6.45) is 0. The third-order valence-electron chi connectivity index (χ3n) is 7.94. The molecule has 0 aliphatic rings. The van der Waals surface area contributed by atoms with Crippen molar-refractivity contribution in [1.29, 1.82) is 0 Å². The largest absolute Gasteiger partial charge is 0.228 e. The second-order valence-electron chi connectivity index (χ2n) is 10.6. The molecule has 0 atom stereocenters. The molecule has 0 bridgehead atoms. The Bertz CT molecular complexity index is 2140. The zero-order valence-electron chi connectivity index (χ0n) is 23.3. The molecular formula is C40H26N2S. The van der Waals surface area contributed by atoms with E-state index in [1.165, 1.54) is 42.4 Å². The Balaban J connectivity index is 1.34. The normalized spacial score (nSPS) is 11.3. The SMILES string of the molecule is c1ccc(-c2ccc(-c3ccc(-c4nc(-c5ccccc5)cc(-c5ccccc5)n4)c4sc5ccccc5c34)cc2)cc1. The minimum Gasteiger partial charge on any atom is -0.228 e. The van der Waals surface area contributed by atoms with Crippen molar-refractivity contribution in [3.8, 4) is 56.2 Å². The van der Waals surface area contributed by atoms with Gasteiger partial charge in [0.25, 0.3) is 0 Å². The molecule has 0 saturated heterocycles. The Morgan fingerprint density at radius 3 is 1.51 bits per heavy atom. The van der Waals surface area contributed by atoms with Gasteiger partial charge in [0, 0.05) is 36.9 Å². The van der Waals surface area contributed by atoms with Gasteiger partial charge >= 0.3 is 0 Å². The third-order valence-corrected chi connectivity index (χ3v) is 9.14. The first-order chi connectivity index (χ1) is 21.3. The molecule has 2 aromatic heterocycles. The lowest BCUT2D eigenvalue weighted by Crippen LogP contribution is -1.96. The van der Waals surface area contributed by atoms with Gasteiger partial charge in [-0.3, -0.25) is 0 Å². The number of rotatable bonds is 5. The summed E-state index contributed by atoms with van der Waals surface area (Å²) in [5.74, 6) is 0.739. The average Bonchev–Trinajstić information content (AvgIpc) is 3.49. The van der Waals surface area contributed by atoms with Crippen LogP contribution in [0.5, 0.6) is 0 Å². The molecule has 8 aromatic rings. The number of hydrogen-bond acceptors (Lipinski definition) is 3. The van der Waals surface area contributed by atoms with Crippen molar-refractivity contribution in [3.63, 3.8) is 0 Å². The van der Waals surface area contributed by atoms with Crippen LogP contribution in [0.3, 0.4) is 0 Å². The first-order valence-electron chi connectivity index (χ1n) is 14.4. The molecule has 202 valence electrons. The highest BCUT2D eigenvalue weighted by molar-refractivity contribution is 7.26. The fourth-order valence-electron chi connectivity index (χ4n) is 5.80. The molecule has 0 saturated carbocycles. The minimum atomic E-state index is 0.739. The molecule has 2 heterocycles. The second kappa shape index (κ2) is 10.8. The van der Waals surface area contributed by atoms with E-state index in [0.717, 1.165) is 33.9 Å². The van der Waals surface area contributed by atoms with E-state index in [2.05, 4.69) is 146 Å². The number of nitrogens with zero attached hydrogens (tertiary/aromatic N) is 2. The van der Waals surface area contributed by atoms with Gasteiger partial charge in [-0.2, -0.15) is 0 Å². The van der Waals surface area contributed by atoms with Gasteiger partial charge in [0.2, 0.25) is 0 Å². The monoisotopic (exact) mass is 566 g/mol. The topological polar surface area (TPSA) is 25.8 Å². The standard InChI is InChI=1S/C40H26N2S/c1-4-12-27(13-5-1)28-20-22-29(23-21-28)32-24-25-34(39-38(32)33-18-10-11-19-37(33)43-39)40-41-35(30-14-6-2-7-15-30)26-36(42-40)31-16-8-3-9-17-31/h1-26H. The van der Waals surface area contributed by atoms with Gasteiger partial charge < -0.3 is 0 Å². The minimum absolute atomic E-state index is 0.739. The van der Waals surface area contributed by atoms with Gasteiger partial charge in [-0.05, 0) is 40.5 Å². The second-order valence-corrected chi connectivity index (χ2v) is 11.7. The summed E-state index contributed by atoms with van der Waals surface area (Å²) in [6.45, 7) is 0. The van der Waals surface area contributed by atoms with Crippen LogP contribution in [-0.2, 0) is 0 Å². The number of benzene rings is 6. The molecule has 3 heteroatoms. The summed E-state index contributed by atoms with van der Waals surface area (Å²) in [5, 5.41) is 2.51. The Kier molecular flexibility index (Phi) is 6.36. The maximum absolute atomic E-state index is 5.16. The molecule has 0 radical (unpaired) electrons. The van der Waals surface area contributed by atoms with Gasteiger partial charge in [0.1, 0.15) is 0 Å². The van der Waals surface area contributed by atoms with Gasteiger partial charge in [0.05, 0.1) is 11.4 Å². The van der Waals surface area contributed by atoms with Crippen LogP contribution in [0, 0.1) is 0 Å². The lowest BCUT2D eigenvalue weighted by Gasteiger charge is -2.12. The predicted molar refractivity (Wildman–Crippen MR) is 182 cm³/mol. The molecule has 0 amide bonds. The van der Waals surface area contributed by atoms with E-state index in [4.69, 9.17) is 9.97 Å². The number of aromatic nitrogens is 2. The van der Waals surface area contributed by atoms with E-state index >= 15 is 0 Å². The average molecular weight is 567 g/mol. The van der Waals surface area contributed by atoms with Gasteiger partial charge in [0.15, 0.2) is 5.82 Å². The predicted octanol–water partition coefficient (Wildman–Crippen LogP) is 11.2. The van der Waals surface area contributed by atoms with Crippen LogP contribution in [0.25, 0.3) is 76.3 Å². The van der Waals surface area contributed by atoms with E-state index < -0.39 is 0 Å². The zero-order valence-corrected chi connectivity index (χ0v) is 24.1. The molecule has 8 rings (SSSR count). The van der Waals surface area contributed by atoms with Crippen molar-refractivity contribution in [3.05, 3.63) is 158 Å². The Morgan fingerprint density at radius 1 is 0.395 bits per heavy atom. The highest BCUT2D eigenvalue weighted by atomic mass is 32.1. The van der Waals surface area contributed by atoms with Crippen LogP contribution in [0.4, 0.5) is 0 Å². The maximum atomic E-state index is 5.16. The lowest BCUT2D eigenvalue weighted by atomic mass is 9.95. The van der Waals surface area contributed by atoms with E-state index in [0.29, 0.717) is 0 Å². The molecule has 43 heavy (non-hydrogen) atoms. The van der Waals surface area contributed by atoms with E-state index in [1.807, 2.05) is 23.5 Å². The number of hydrogen-bond donors (Lipinski definition) is 0. The summed E-state index contributed by atoms with van der Waals surface area (Å²) in [4.78, 5) is 10.3. The van der Waals surface area contributed by atoms with Crippen LogP contribution in [-0.4, -0.2) is 9.97 Å². The molecule has 0 aliphatic carbocycles. The van der Waals surface area contributed by atoms with Crippen LogP contribution in [0.15, 0.2) is 158 Å². The van der Waals surface area contributed by atoms with E-state index in [1.54, 1.807) is 0 Å². The highest BCUT2D eigenvalue weighted by Gasteiger charge is 2.18. The van der Waals surface area contributed by atoms with E-state index in [-0.39, 0.29) is 0 Å². The van der Waals surface area contributed by atoms with Crippen molar-refractivity contribution in [1.82, 2.24) is 9.97 Å². The van der Waals surface area contributed by atoms with Crippen molar-refractivity contribution in [2.45, 2.75) is 0 Å². The fourth-order valence-corrected chi connectivity index (χ4v) is 7.04. The number of thiophene rings is 1. The Labute approximate surface area is 254 Å². The zero-order chi connectivity index (χ0) is 28.6. The Morgan fingerprint density at radius 2 is 0.884 bits per heavy atom. The van der Waals surface area contributed by atoms with E-state index in [9.17, 15) is 0 Å². The summed E-state index contributed by atoms with van der Waals surface area (Å²) in [6, 6.07) is 55.4. The van der Waals surface area contributed by atoms with Crippen molar-refractivity contribution in [2.24, 2.45) is 0 Å². The van der Waals surface area contributed by atoms with Crippen LogP contribution in [0.1, 0.15) is 0 Å². The Hall–Kier alpha value is -5.38. The lowest BCUT2D eigenvalue weighted by molar-refractivity contribution is 1.19. The van der Waals surface area contributed by atoms with Crippen molar-refractivity contribution in [2.75, 3.05) is 0 Å². The first-order valence-corrected chi connectivity index (χ1v) is 15.2. The quantitative estimate of drug-likeness (QED) is 0.207. The molecule has 0 spiro atoms. The van der Waals surface area contributed by atoms with Gasteiger partial charge in [-0.1, -0.05) is 140 Å². The van der Waals surface area contributed by atoms with Crippen molar-refractivity contribution < 1.29 is 0 Å². The number of fused-ring (bicyclic) bond motifs is 3. The third kappa shape index (κ3) is 4.70.